The summed E-state index contributed by atoms with van der Waals surface area (Å²) in [6.07, 6.45) is 0.211. The molecule has 0 aliphatic carbocycles. The van der Waals surface area contributed by atoms with Gasteiger partial charge in [0.05, 0.1) is 24.4 Å². The van der Waals surface area contributed by atoms with Crippen molar-refractivity contribution in [1.82, 2.24) is 15.0 Å². The zero-order valence-corrected chi connectivity index (χ0v) is 14.7. The Kier molecular flexibility index (Phi) is 4.58. The second-order valence-electron chi connectivity index (χ2n) is 7.07. The van der Waals surface area contributed by atoms with E-state index in [2.05, 4.69) is 15.0 Å². The van der Waals surface area contributed by atoms with Crippen LogP contribution in [-0.2, 0) is 17.8 Å². The lowest BCUT2D eigenvalue weighted by molar-refractivity contribution is -0.0506. The van der Waals surface area contributed by atoms with Crippen molar-refractivity contribution in [3.8, 4) is 0 Å². The number of aryl methyl sites for hydroxylation is 2. The molecular weight excluding hydrogens is 321 g/mol. The number of hydrogen-bond donors (Lipinski definition) is 0. The van der Waals surface area contributed by atoms with Gasteiger partial charge in [-0.25, -0.2) is 4.39 Å². The molecule has 0 saturated carbocycles. The SMILES string of the molecule is Cc1noc(C)c1CN1CCO[C@@H]2CN(Cc3cccc(F)c3)C[C@@H]21. The fourth-order valence-electron chi connectivity index (χ4n) is 3.98. The molecule has 0 spiro atoms. The molecule has 25 heavy (non-hydrogen) atoms. The summed E-state index contributed by atoms with van der Waals surface area (Å²) in [5.74, 6) is 0.723. The first kappa shape index (κ1) is 16.7. The van der Waals surface area contributed by atoms with E-state index < -0.39 is 0 Å². The van der Waals surface area contributed by atoms with E-state index in [1.165, 1.54) is 11.6 Å². The maximum absolute atomic E-state index is 13.4. The first-order valence-electron chi connectivity index (χ1n) is 8.84. The van der Waals surface area contributed by atoms with Gasteiger partial charge in [0.15, 0.2) is 0 Å². The van der Waals surface area contributed by atoms with Crippen molar-refractivity contribution in [2.24, 2.45) is 0 Å². The van der Waals surface area contributed by atoms with Gasteiger partial charge in [-0.2, -0.15) is 0 Å². The molecule has 6 heteroatoms. The summed E-state index contributed by atoms with van der Waals surface area (Å²) in [6, 6.07) is 7.21. The third-order valence-corrected chi connectivity index (χ3v) is 5.33. The predicted molar refractivity (Wildman–Crippen MR) is 91.6 cm³/mol. The number of aromatic nitrogens is 1. The molecule has 2 saturated heterocycles. The minimum Gasteiger partial charge on any atom is -0.374 e. The Bertz CT molecular complexity index is 729. The van der Waals surface area contributed by atoms with E-state index >= 15 is 0 Å². The highest BCUT2D eigenvalue weighted by molar-refractivity contribution is 5.21. The van der Waals surface area contributed by atoms with E-state index in [4.69, 9.17) is 9.26 Å². The molecule has 0 bridgehead atoms. The topological polar surface area (TPSA) is 41.7 Å². The number of hydrogen-bond acceptors (Lipinski definition) is 5. The molecule has 0 amide bonds. The van der Waals surface area contributed by atoms with Gasteiger partial charge in [-0.15, -0.1) is 0 Å². The van der Waals surface area contributed by atoms with Gasteiger partial charge in [0.1, 0.15) is 11.6 Å². The standard InChI is InChI=1S/C19H24FN3O2/c1-13-17(14(2)25-21-13)10-23-6-7-24-19-12-22(11-18(19)23)9-15-4-3-5-16(20)8-15/h3-5,8,18-19H,6-7,9-12H2,1-2H3/t18-,19+/m0/s1. The molecule has 0 N–H and O–H groups in total. The zero-order valence-electron chi connectivity index (χ0n) is 14.7. The highest BCUT2D eigenvalue weighted by Crippen LogP contribution is 2.27. The van der Waals surface area contributed by atoms with Gasteiger partial charge in [-0.1, -0.05) is 17.3 Å². The fraction of sp³-hybridized carbons (Fsp3) is 0.526. The lowest BCUT2D eigenvalue weighted by Gasteiger charge is -2.36. The number of rotatable bonds is 4. The van der Waals surface area contributed by atoms with Crippen molar-refractivity contribution >= 4 is 0 Å². The smallest absolute Gasteiger partial charge is 0.138 e. The van der Waals surface area contributed by atoms with Crippen LogP contribution in [0.4, 0.5) is 4.39 Å². The molecule has 2 aliphatic rings. The lowest BCUT2D eigenvalue weighted by atomic mass is 10.1. The van der Waals surface area contributed by atoms with E-state index in [9.17, 15) is 4.39 Å². The summed E-state index contributed by atoms with van der Waals surface area (Å²) >= 11 is 0. The second kappa shape index (κ2) is 6.86. The third kappa shape index (κ3) is 3.47. The Balaban J connectivity index is 1.45. The molecule has 1 aromatic heterocycles. The summed E-state index contributed by atoms with van der Waals surface area (Å²) < 4.78 is 24.7. The number of morpholine rings is 1. The van der Waals surface area contributed by atoms with Gasteiger partial charge in [-0.3, -0.25) is 9.80 Å². The van der Waals surface area contributed by atoms with Crippen molar-refractivity contribution in [1.29, 1.82) is 0 Å². The van der Waals surface area contributed by atoms with Gasteiger partial charge in [0.25, 0.3) is 0 Å². The Labute approximate surface area is 147 Å². The molecule has 5 nitrogen and oxygen atoms in total. The third-order valence-electron chi connectivity index (χ3n) is 5.33. The van der Waals surface area contributed by atoms with Crippen molar-refractivity contribution in [3.05, 3.63) is 52.7 Å². The first-order valence-corrected chi connectivity index (χ1v) is 8.84. The van der Waals surface area contributed by atoms with Crippen LogP contribution in [0.15, 0.2) is 28.8 Å². The molecule has 2 aliphatic heterocycles. The number of likely N-dealkylation sites (tertiary alicyclic amines) is 1. The van der Waals surface area contributed by atoms with E-state index in [-0.39, 0.29) is 11.9 Å². The van der Waals surface area contributed by atoms with Gasteiger partial charge in [0.2, 0.25) is 0 Å². The molecule has 0 radical (unpaired) electrons. The summed E-state index contributed by atoms with van der Waals surface area (Å²) in [4.78, 5) is 4.84. The molecule has 3 heterocycles. The summed E-state index contributed by atoms with van der Waals surface area (Å²) in [7, 11) is 0. The quantitative estimate of drug-likeness (QED) is 0.852. The molecular formula is C19H24FN3O2. The van der Waals surface area contributed by atoms with Crippen LogP contribution in [0.3, 0.4) is 0 Å². The Morgan fingerprint density at radius 3 is 2.88 bits per heavy atom. The molecule has 4 rings (SSSR count). The van der Waals surface area contributed by atoms with Crippen LogP contribution >= 0.6 is 0 Å². The molecule has 2 atom stereocenters. The van der Waals surface area contributed by atoms with Crippen molar-refractivity contribution in [2.45, 2.75) is 39.1 Å². The highest BCUT2D eigenvalue weighted by Gasteiger charge is 2.40. The molecule has 134 valence electrons. The van der Waals surface area contributed by atoms with Gasteiger partial charge in [-0.05, 0) is 31.5 Å². The van der Waals surface area contributed by atoms with E-state index in [0.717, 1.165) is 56.3 Å². The number of halogens is 1. The minimum absolute atomic E-state index is 0.176. The van der Waals surface area contributed by atoms with Crippen LogP contribution in [-0.4, -0.2) is 53.3 Å². The van der Waals surface area contributed by atoms with Crippen LogP contribution in [0.5, 0.6) is 0 Å². The summed E-state index contributed by atoms with van der Waals surface area (Å²) in [5, 5.41) is 4.07. The number of benzene rings is 1. The van der Waals surface area contributed by atoms with E-state index in [1.54, 1.807) is 12.1 Å². The Morgan fingerprint density at radius 2 is 2.12 bits per heavy atom. The highest BCUT2D eigenvalue weighted by atomic mass is 19.1. The lowest BCUT2D eigenvalue weighted by Crippen LogP contribution is -2.50. The van der Waals surface area contributed by atoms with E-state index in [1.807, 2.05) is 19.9 Å². The van der Waals surface area contributed by atoms with Crippen LogP contribution in [0, 0.1) is 19.7 Å². The molecule has 2 fully saturated rings. The van der Waals surface area contributed by atoms with Crippen LogP contribution in [0.25, 0.3) is 0 Å². The van der Waals surface area contributed by atoms with Gasteiger partial charge < -0.3 is 9.26 Å². The van der Waals surface area contributed by atoms with E-state index in [0.29, 0.717) is 6.04 Å². The van der Waals surface area contributed by atoms with Crippen molar-refractivity contribution in [2.75, 3.05) is 26.2 Å². The summed E-state index contributed by atoms with van der Waals surface area (Å²) in [6.45, 7) is 9.06. The van der Waals surface area contributed by atoms with Crippen molar-refractivity contribution in [3.63, 3.8) is 0 Å². The average molecular weight is 345 g/mol. The number of nitrogens with zero attached hydrogens (tertiary/aromatic N) is 3. The van der Waals surface area contributed by atoms with Crippen LogP contribution < -0.4 is 0 Å². The Morgan fingerprint density at radius 1 is 1.24 bits per heavy atom. The fourth-order valence-corrected chi connectivity index (χ4v) is 3.98. The first-order chi connectivity index (χ1) is 12.1. The number of fused-ring (bicyclic) bond motifs is 1. The largest absolute Gasteiger partial charge is 0.374 e. The van der Waals surface area contributed by atoms with Crippen LogP contribution in [0.2, 0.25) is 0 Å². The predicted octanol–water partition coefficient (Wildman–Crippen LogP) is 2.52. The van der Waals surface area contributed by atoms with Gasteiger partial charge >= 0.3 is 0 Å². The summed E-state index contributed by atoms with van der Waals surface area (Å²) in [5.41, 5.74) is 3.16. The maximum Gasteiger partial charge on any atom is 0.138 e. The van der Waals surface area contributed by atoms with Crippen LogP contribution in [0.1, 0.15) is 22.6 Å². The normalized spacial score (nSPS) is 24.6. The minimum atomic E-state index is -0.176. The molecule has 2 aromatic rings. The molecule has 0 unspecified atom stereocenters. The number of ether oxygens (including phenoxy) is 1. The Hall–Kier alpha value is -1.76. The average Bonchev–Trinajstić information content (AvgIpc) is 3.13. The monoisotopic (exact) mass is 345 g/mol. The van der Waals surface area contributed by atoms with Gasteiger partial charge in [0, 0.05) is 38.3 Å². The molecule has 1 aromatic carbocycles. The second-order valence-corrected chi connectivity index (χ2v) is 7.07. The van der Waals surface area contributed by atoms with Crippen molar-refractivity contribution < 1.29 is 13.7 Å². The zero-order chi connectivity index (χ0) is 17.4. The maximum atomic E-state index is 13.4.